The first-order chi connectivity index (χ1) is 11.6. The first kappa shape index (κ1) is 17.4. The third-order valence-electron chi connectivity index (χ3n) is 5.54. The van der Waals surface area contributed by atoms with Crippen molar-refractivity contribution in [2.75, 3.05) is 26.2 Å². The minimum Gasteiger partial charge on any atom is -0.352 e. The van der Waals surface area contributed by atoms with E-state index in [2.05, 4.69) is 59.7 Å². The Balaban J connectivity index is 1.54. The molecule has 0 aliphatic carbocycles. The molecule has 2 heterocycles. The Morgan fingerprint density at radius 1 is 1.21 bits per heavy atom. The molecule has 1 amide bonds. The quantitative estimate of drug-likeness (QED) is 0.890. The van der Waals surface area contributed by atoms with Gasteiger partial charge in [-0.15, -0.1) is 0 Å². The van der Waals surface area contributed by atoms with Crippen molar-refractivity contribution in [3.8, 4) is 0 Å². The van der Waals surface area contributed by atoms with E-state index in [1.54, 1.807) is 0 Å². The lowest BCUT2D eigenvalue weighted by atomic mass is 9.84. The number of carbonyl (C=O) groups is 1. The minimum absolute atomic E-state index is 0.153. The maximum Gasteiger partial charge on any atom is 0.224 e. The summed E-state index contributed by atoms with van der Waals surface area (Å²) in [6, 6.07) is 11.0. The largest absolute Gasteiger partial charge is 0.352 e. The van der Waals surface area contributed by atoms with E-state index in [1.807, 2.05) is 0 Å². The Labute approximate surface area is 146 Å². The van der Waals surface area contributed by atoms with Gasteiger partial charge in [0.05, 0.1) is 5.92 Å². The van der Waals surface area contributed by atoms with E-state index in [0.29, 0.717) is 17.9 Å². The SMILES string of the molecule is CC1CN(Cc2ccccc2)CC(C)C1NC(=O)C1CCCNC1. The smallest absolute Gasteiger partial charge is 0.224 e. The van der Waals surface area contributed by atoms with Crippen LogP contribution in [-0.4, -0.2) is 43.0 Å². The zero-order valence-electron chi connectivity index (χ0n) is 15.0. The second kappa shape index (κ2) is 8.13. The summed E-state index contributed by atoms with van der Waals surface area (Å²) in [5.41, 5.74) is 1.37. The van der Waals surface area contributed by atoms with Gasteiger partial charge in [0.2, 0.25) is 5.91 Å². The Bertz CT molecular complexity index is 515. The van der Waals surface area contributed by atoms with Gasteiger partial charge in [-0.3, -0.25) is 9.69 Å². The fourth-order valence-corrected chi connectivity index (χ4v) is 4.29. The van der Waals surface area contributed by atoms with Crippen LogP contribution in [0.15, 0.2) is 30.3 Å². The van der Waals surface area contributed by atoms with Gasteiger partial charge in [-0.1, -0.05) is 44.2 Å². The molecule has 24 heavy (non-hydrogen) atoms. The van der Waals surface area contributed by atoms with Gasteiger partial charge in [0.15, 0.2) is 0 Å². The van der Waals surface area contributed by atoms with Gasteiger partial charge < -0.3 is 10.6 Å². The summed E-state index contributed by atoms with van der Waals surface area (Å²) >= 11 is 0. The molecule has 2 aliphatic heterocycles. The predicted octanol–water partition coefficient (Wildman–Crippen LogP) is 2.26. The van der Waals surface area contributed by atoms with Crippen molar-refractivity contribution < 1.29 is 4.79 Å². The Kier molecular flexibility index (Phi) is 5.90. The van der Waals surface area contributed by atoms with Crippen molar-refractivity contribution in [3.63, 3.8) is 0 Å². The van der Waals surface area contributed by atoms with E-state index < -0.39 is 0 Å². The van der Waals surface area contributed by atoms with Crippen LogP contribution in [0.2, 0.25) is 0 Å². The molecule has 3 atom stereocenters. The average molecular weight is 329 g/mol. The van der Waals surface area contributed by atoms with Crippen LogP contribution in [0.1, 0.15) is 32.3 Å². The summed E-state index contributed by atoms with van der Waals surface area (Å²) in [6.07, 6.45) is 2.13. The molecule has 0 aromatic heterocycles. The fourth-order valence-electron chi connectivity index (χ4n) is 4.29. The third-order valence-corrected chi connectivity index (χ3v) is 5.54. The van der Waals surface area contributed by atoms with E-state index in [1.165, 1.54) is 5.56 Å². The van der Waals surface area contributed by atoms with Crippen LogP contribution in [0.25, 0.3) is 0 Å². The topological polar surface area (TPSA) is 44.4 Å². The first-order valence-corrected chi connectivity index (χ1v) is 9.41. The van der Waals surface area contributed by atoms with Gasteiger partial charge in [-0.2, -0.15) is 0 Å². The van der Waals surface area contributed by atoms with Gasteiger partial charge in [0.25, 0.3) is 0 Å². The minimum atomic E-state index is 0.153. The Morgan fingerprint density at radius 3 is 2.54 bits per heavy atom. The van der Waals surface area contributed by atoms with E-state index in [4.69, 9.17) is 0 Å². The number of benzene rings is 1. The highest BCUT2D eigenvalue weighted by atomic mass is 16.2. The van der Waals surface area contributed by atoms with Crippen molar-refractivity contribution >= 4 is 5.91 Å². The molecule has 2 aliphatic rings. The predicted molar refractivity (Wildman–Crippen MR) is 97.6 cm³/mol. The van der Waals surface area contributed by atoms with Crippen molar-refractivity contribution in [2.45, 2.75) is 39.3 Å². The molecule has 132 valence electrons. The summed E-state index contributed by atoms with van der Waals surface area (Å²) in [5, 5.41) is 6.71. The van der Waals surface area contributed by atoms with Gasteiger partial charge in [0, 0.05) is 32.2 Å². The molecule has 3 rings (SSSR count). The molecule has 1 aromatic rings. The summed E-state index contributed by atoms with van der Waals surface area (Å²) < 4.78 is 0. The highest BCUT2D eigenvalue weighted by Crippen LogP contribution is 2.24. The molecule has 4 nitrogen and oxygen atoms in total. The van der Waals surface area contributed by atoms with Crippen molar-refractivity contribution in [1.82, 2.24) is 15.5 Å². The number of carbonyl (C=O) groups excluding carboxylic acids is 1. The van der Waals surface area contributed by atoms with E-state index in [-0.39, 0.29) is 11.8 Å². The molecule has 3 unspecified atom stereocenters. The summed E-state index contributed by atoms with van der Waals surface area (Å²) in [4.78, 5) is 15.1. The second-order valence-electron chi connectivity index (χ2n) is 7.71. The lowest BCUT2D eigenvalue weighted by Gasteiger charge is -2.42. The second-order valence-corrected chi connectivity index (χ2v) is 7.71. The third kappa shape index (κ3) is 4.37. The van der Waals surface area contributed by atoms with Gasteiger partial charge in [-0.25, -0.2) is 0 Å². The number of likely N-dealkylation sites (tertiary alicyclic amines) is 1. The average Bonchev–Trinajstić information content (AvgIpc) is 2.59. The zero-order chi connectivity index (χ0) is 16.9. The molecule has 0 bridgehead atoms. The first-order valence-electron chi connectivity index (χ1n) is 9.41. The molecule has 0 radical (unpaired) electrons. The van der Waals surface area contributed by atoms with Gasteiger partial charge >= 0.3 is 0 Å². The molecule has 0 saturated carbocycles. The standard InChI is InChI=1S/C20H31N3O/c1-15-12-23(14-17-7-4-3-5-8-17)13-16(2)19(15)22-20(24)18-9-6-10-21-11-18/h3-5,7-8,15-16,18-19,21H,6,9-14H2,1-2H3,(H,22,24). The van der Waals surface area contributed by atoms with E-state index in [9.17, 15) is 4.79 Å². The lowest BCUT2D eigenvalue weighted by Crippen LogP contribution is -2.56. The van der Waals surface area contributed by atoms with Crippen LogP contribution < -0.4 is 10.6 Å². The van der Waals surface area contributed by atoms with Crippen molar-refractivity contribution in [1.29, 1.82) is 0 Å². The number of hydrogen-bond acceptors (Lipinski definition) is 3. The molecule has 2 fully saturated rings. The van der Waals surface area contributed by atoms with Crippen molar-refractivity contribution in [2.24, 2.45) is 17.8 Å². The Morgan fingerprint density at radius 2 is 1.92 bits per heavy atom. The van der Waals surface area contributed by atoms with Crippen LogP contribution in [0.4, 0.5) is 0 Å². The van der Waals surface area contributed by atoms with Crippen LogP contribution >= 0.6 is 0 Å². The van der Waals surface area contributed by atoms with Gasteiger partial charge in [-0.05, 0) is 36.8 Å². The molecule has 2 N–H and O–H groups in total. The highest BCUT2D eigenvalue weighted by Gasteiger charge is 2.34. The van der Waals surface area contributed by atoms with Crippen LogP contribution in [0, 0.1) is 17.8 Å². The zero-order valence-corrected chi connectivity index (χ0v) is 15.0. The molecular weight excluding hydrogens is 298 g/mol. The monoisotopic (exact) mass is 329 g/mol. The number of nitrogens with zero attached hydrogens (tertiary/aromatic N) is 1. The van der Waals surface area contributed by atoms with E-state index >= 15 is 0 Å². The number of nitrogens with one attached hydrogen (secondary N) is 2. The number of hydrogen-bond donors (Lipinski definition) is 2. The maximum absolute atomic E-state index is 12.6. The molecule has 4 heteroatoms. The number of rotatable bonds is 4. The fraction of sp³-hybridized carbons (Fsp3) is 0.650. The Hall–Kier alpha value is -1.39. The molecule has 2 saturated heterocycles. The van der Waals surface area contributed by atoms with Crippen molar-refractivity contribution in [3.05, 3.63) is 35.9 Å². The normalized spacial score (nSPS) is 31.6. The molecule has 1 aromatic carbocycles. The van der Waals surface area contributed by atoms with Crippen LogP contribution in [0.5, 0.6) is 0 Å². The number of piperidine rings is 2. The van der Waals surface area contributed by atoms with E-state index in [0.717, 1.165) is 45.6 Å². The molecular formula is C20H31N3O. The maximum atomic E-state index is 12.6. The van der Waals surface area contributed by atoms with Crippen LogP contribution in [-0.2, 0) is 11.3 Å². The summed E-state index contributed by atoms with van der Waals surface area (Å²) in [5.74, 6) is 1.37. The summed E-state index contributed by atoms with van der Waals surface area (Å²) in [6.45, 7) is 9.54. The molecule has 0 spiro atoms. The lowest BCUT2D eigenvalue weighted by molar-refractivity contribution is -0.127. The summed E-state index contributed by atoms with van der Waals surface area (Å²) in [7, 11) is 0. The van der Waals surface area contributed by atoms with Crippen LogP contribution in [0.3, 0.4) is 0 Å². The van der Waals surface area contributed by atoms with Gasteiger partial charge in [0.1, 0.15) is 0 Å². The highest BCUT2D eigenvalue weighted by molar-refractivity contribution is 5.79. The number of amides is 1.